The number of nitrogen functional groups attached to an aromatic ring is 1. The van der Waals surface area contributed by atoms with Crippen molar-refractivity contribution >= 4 is 32.6 Å². The molecule has 0 aliphatic carbocycles. The summed E-state index contributed by atoms with van der Waals surface area (Å²) in [4.78, 5) is 38.5. The largest absolute Gasteiger partial charge is 0.481 e. The number of aliphatic hydroxyl groups is 2. The highest BCUT2D eigenvalue weighted by molar-refractivity contribution is 7.60. The maximum absolute atomic E-state index is 11.7. The summed E-state index contributed by atoms with van der Waals surface area (Å²) in [5, 5.41) is 20.6. The lowest BCUT2D eigenvalue weighted by molar-refractivity contribution is -0.0755. The second-order valence-electron chi connectivity index (χ2n) is 5.91. The summed E-state index contributed by atoms with van der Waals surface area (Å²) in [6.07, 6.45) is -4.69. The molecule has 3 rings (SSSR count). The molecule has 0 bridgehead atoms. The van der Waals surface area contributed by atoms with Crippen LogP contribution in [0.4, 0.5) is 5.82 Å². The van der Waals surface area contributed by atoms with Gasteiger partial charge in [-0.1, -0.05) is 0 Å². The molecule has 1 aliphatic rings. The van der Waals surface area contributed by atoms with Gasteiger partial charge in [-0.05, 0) is 6.92 Å². The molecule has 2 aromatic heterocycles. The first-order valence-electron chi connectivity index (χ1n) is 7.62. The van der Waals surface area contributed by atoms with E-state index < -0.39 is 46.3 Å². The molecule has 2 aromatic rings. The van der Waals surface area contributed by atoms with Crippen LogP contribution < -0.4 is 5.73 Å². The zero-order valence-corrected chi connectivity index (χ0v) is 15.9. The maximum atomic E-state index is 11.7. The van der Waals surface area contributed by atoms with Gasteiger partial charge in [-0.25, -0.2) is 24.1 Å². The first kappa shape index (κ1) is 21.2. The van der Waals surface area contributed by atoms with E-state index in [2.05, 4.69) is 23.8 Å². The smallest absolute Gasteiger partial charge is 0.387 e. The number of hydrogen-bond donors (Lipinski definition) is 6. The molecular formula is C11H17N5O10P2. The van der Waals surface area contributed by atoms with E-state index >= 15 is 0 Å². The van der Waals surface area contributed by atoms with Crippen LogP contribution >= 0.6 is 15.6 Å². The SMILES string of the molecule is C[C@H](OP(=O)(O)OP(=O)(O)O)[C@H]1OC(n2cnc3c(N)ncnc32)[C@H](O)[C@@H]1O. The second kappa shape index (κ2) is 7.39. The van der Waals surface area contributed by atoms with Crippen LogP contribution in [0.15, 0.2) is 12.7 Å². The van der Waals surface area contributed by atoms with Gasteiger partial charge in [-0.15, -0.1) is 0 Å². The fourth-order valence-corrected chi connectivity index (χ4v) is 4.55. The average molecular weight is 441 g/mol. The predicted octanol–water partition coefficient (Wildman–Crippen LogP) is -1.36. The van der Waals surface area contributed by atoms with Gasteiger partial charge in [0, 0.05) is 0 Å². The Balaban J connectivity index is 1.81. The van der Waals surface area contributed by atoms with Crippen LogP contribution in [0.3, 0.4) is 0 Å². The van der Waals surface area contributed by atoms with E-state index in [1.807, 2.05) is 0 Å². The summed E-state index contributed by atoms with van der Waals surface area (Å²) < 4.78 is 37.5. The zero-order chi connectivity index (χ0) is 20.9. The van der Waals surface area contributed by atoms with Crippen LogP contribution in [-0.2, 0) is 22.7 Å². The second-order valence-corrected chi connectivity index (χ2v) is 8.69. The van der Waals surface area contributed by atoms with E-state index in [1.165, 1.54) is 17.8 Å². The van der Waals surface area contributed by atoms with Crippen molar-refractivity contribution in [2.75, 3.05) is 5.73 Å². The number of hydrogen-bond acceptors (Lipinski definition) is 11. The number of fused-ring (bicyclic) bond motifs is 1. The molecule has 156 valence electrons. The molecule has 0 spiro atoms. The van der Waals surface area contributed by atoms with Crippen molar-refractivity contribution in [3.63, 3.8) is 0 Å². The third-order valence-corrected chi connectivity index (χ3v) is 6.18. The molecule has 2 unspecified atom stereocenters. The fourth-order valence-electron chi connectivity index (χ4n) is 2.78. The highest BCUT2D eigenvalue weighted by atomic mass is 31.3. The van der Waals surface area contributed by atoms with Gasteiger partial charge < -0.3 is 35.4 Å². The van der Waals surface area contributed by atoms with Crippen molar-refractivity contribution in [1.82, 2.24) is 19.5 Å². The number of nitrogens with two attached hydrogens (primary N) is 1. The number of anilines is 1. The van der Waals surface area contributed by atoms with Crippen LogP contribution in [0.1, 0.15) is 13.2 Å². The predicted molar refractivity (Wildman–Crippen MR) is 89.2 cm³/mol. The molecule has 3 heterocycles. The van der Waals surface area contributed by atoms with E-state index in [4.69, 9.17) is 20.3 Å². The van der Waals surface area contributed by atoms with Crippen LogP contribution in [0.5, 0.6) is 0 Å². The normalized spacial score (nSPS) is 29.1. The zero-order valence-electron chi connectivity index (χ0n) is 14.1. The number of phosphoric acid groups is 2. The Hall–Kier alpha value is -1.51. The fraction of sp³-hybridized carbons (Fsp3) is 0.545. The van der Waals surface area contributed by atoms with Crippen molar-refractivity contribution in [2.24, 2.45) is 0 Å². The Morgan fingerprint density at radius 3 is 2.54 bits per heavy atom. The molecule has 28 heavy (non-hydrogen) atoms. The third-order valence-electron chi connectivity index (χ3n) is 3.91. The van der Waals surface area contributed by atoms with E-state index in [9.17, 15) is 24.2 Å². The van der Waals surface area contributed by atoms with E-state index in [1.54, 1.807) is 0 Å². The molecule has 15 nitrogen and oxygen atoms in total. The number of imidazole rings is 1. The molecule has 1 saturated heterocycles. The lowest BCUT2D eigenvalue weighted by Crippen LogP contribution is -2.38. The molecule has 17 heteroatoms. The third kappa shape index (κ3) is 4.23. The topological polar surface area (TPSA) is 233 Å². The van der Waals surface area contributed by atoms with Crippen LogP contribution in [0.2, 0.25) is 0 Å². The van der Waals surface area contributed by atoms with Crippen molar-refractivity contribution in [3.8, 4) is 0 Å². The number of ether oxygens (including phenoxy) is 1. The highest BCUT2D eigenvalue weighted by Crippen LogP contribution is 2.58. The molecule has 0 radical (unpaired) electrons. The van der Waals surface area contributed by atoms with Crippen molar-refractivity contribution < 1.29 is 47.6 Å². The molecule has 0 amide bonds. The van der Waals surface area contributed by atoms with Gasteiger partial charge in [0.15, 0.2) is 17.7 Å². The van der Waals surface area contributed by atoms with Crippen LogP contribution in [0, 0.1) is 0 Å². The van der Waals surface area contributed by atoms with Crippen molar-refractivity contribution in [2.45, 2.75) is 37.6 Å². The Labute approximate surface area is 156 Å². The molecule has 1 aliphatic heterocycles. The maximum Gasteiger partial charge on any atom is 0.481 e. The molecule has 1 fully saturated rings. The lowest BCUT2D eigenvalue weighted by Gasteiger charge is -2.24. The number of rotatable bonds is 6. The van der Waals surface area contributed by atoms with Gasteiger partial charge in [-0.3, -0.25) is 9.09 Å². The standard InChI is InChI=1S/C11H17N5O10P2/c1-4(25-28(22,23)26-27(19,20)21)8-6(17)7(18)11(24-8)16-3-15-5-9(12)13-2-14-10(5)16/h2-4,6-8,11,17-18H,1H3,(H,22,23)(H2,12,13,14)(H2,19,20,21)/t4-,6-,7+,8+,11?/m0/s1. The van der Waals surface area contributed by atoms with Crippen molar-refractivity contribution in [1.29, 1.82) is 0 Å². The van der Waals surface area contributed by atoms with Gasteiger partial charge in [0.1, 0.15) is 30.2 Å². The van der Waals surface area contributed by atoms with E-state index in [0.29, 0.717) is 0 Å². The quantitative estimate of drug-likeness (QED) is 0.284. The minimum Gasteiger partial charge on any atom is -0.387 e. The summed E-state index contributed by atoms with van der Waals surface area (Å²) in [7, 11) is -10.5. The van der Waals surface area contributed by atoms with Crippen molar-refractivity contribution in [3.05, 3.63) is 12.7 Å². The molecule has 0 aromatic carbocycles. The van der Waals surface area contributed by atoms with Gasteiger partial charge in [0.2, 0.25) is 0 Å². The Bertz CT molecular complexity index is 964. The number of phosphoric ester groups is 1. The minimum atomic E-state index is -5.32. The average Bonchev–Trinajstić information content (AvgIpc) is 3.08. The van der Waals surface area contributed by atoms with E-state index in [-0.39, 0.29) is 17.0 Å². The van der Waals surface area contributed by atoms with Gasteiger partial charge >= 0.3 is 15.6 Å². The summed E-state index contributed by atoms with van der Waals surface area (Å²) in [6.45, 7) is 1.18. The lowest BCUT2D eigenvalue weighted by atomic mass is 10.1. The summed E-state index contributed by atoms with van der Waals surface area (Å²) in [6, 6.07) is 0. The van der Waals surface area contributed by atoms with Gasteiger partial charge in [0.25, 0.3) is 0 Å². The highest BCUT2D eigenvalue weighted by Gasteiger charge is 2.49. The minimum absolute atomic E-state index is 0.0841. The Morgan fingerprint density at radius 2 is 1.89 bits per heavy atom. The first-order chi connectivity index (χ1) is 12.9. The summed E-state index contributed by atoms with van der Waals surface area (Å²) >= 11 is 0. The Kier molecular flexibility index (Phi) is 5.59. The Morgan fingerprint density at radius 1 is 1.21 bits per heavy atom. The van der Waals surface area contributed by atoms with Gasteiger partial charge in [-0.2, -0.15) is 4.31 Å². The summed E-state index contributed by atoms with van der Waals surface area (Å²) in [5.41, 5.74) is 6.13. The van der Waals surface area contributed by atoms with Crippen LogP contribution in [-0.4, -0.2) is 68.8 Å². The monoisotopic (exact) mass is 441 g/mol. The number of aliphatic hydroxyl groups excluding tert-OH is 2. The molecule has 0 saturated carbocycles. The van der Waals surface area contributed by atoms with E-state index in [0.717, 1.165) is 6.33 Å². The molecule has 7 N–H and O–H groups in total. The molecule has 6 atom stereocenters. The summed E-state index contributed by atoms with van der Waals surface area (Å²) in [5.74, 6) is 0.0841. The van der Waals surface area contributed by atoms with Crippen LogP contribution in [0.25, 0.3) is 11.2 Å². The number of nitrogens with zero attached hydrogens (tertiary/aromatic N) is 4. The number of aromatic nitrogens is 4. The first-order valence-corrected chi connectivity index (χ1v) is 10.6. The molecular weight excluding hydrogens is 424 g/mol. The van der Waals surface area contributed by atoms with Gasteiger partial charge in [0.05, 0.1) is 12.4 Å².